The number of benzene rings is 1. The number of piperidine rings is 1. The average Bonchev–Trinajstić information content (AvgIpc) is 2.69. The molecular weight excluding hydrogens is 260 g/mol. The number of rotatable bonds is 1. The van der Waals surface area contributed by atoms with Crippen molar-refractivity contribution < 1.29 is 4.79 Å². The minimum absolute atomic E-state index is 0. The monoisotopic (exact) mass is 280 g/mol. The molecule has 1 spiro atoms. The molecule has 1 aromatic rings. The standard InChI is InChI=1S/C15H20N2O.ClH/c1-12-5-2-3-6-13(12)17-10-8-15(14(17)18)7-4-9-16-11-15;/h2-3,5-6,16H,4,7-11H2,1H3;1H. The zero-order valence-corrected chi connectivity index (χ0v) is 12.1. The second-order valence-electron chi connectivity index (χ2n) is 5.55. The number of nitrogens with one attached hydrogen (secondary N) is 1. The second kappa shape index (κ2) is 5.51. The van der Waals surface area contributed by atoms with Crippen molar-refractivity contribution in [3.05, 3.63) is 29.8 Å². The van der Waals surface area contributed by atoms with Crippen molar-refractivity contribution in [1.29, 1.82) is 0 Å². The van der Waals surface area contributed by atoms with Crippen LogP contribution in [0.5, 0.6) is 0 Å². The van der Waals surface area contributed by atoms with Gasteiger partial charge in [0.15, 0.2) is 0 Å². The highest BCUT2D eigenvalue weighted by atomic mass is 35.5. The summed E-state index contributed by atoms with van der Waals surface area (Å²) in [5.74, 6) is 0.323. The van der Waals surface area contributed by atoms with Gasteiger partial charge in [-0.1, -0.05) is 18.2 Å². The first-order valence-electron chi connectivity index (χ1n) is 6.81. The highest BCUT2D eigenvalue weighted by Gasteiger charge is 2.47. The third-order valence-electron chi connectivity index (χ3n) is 4.39. The fourth-order valence-corrected chi connectivity index (χ4v) is 3.28. The third kappa shape index (κ3) is 2.37. The molecule has 0 aliphatic carbocycles. The van der Waals surface area contributed by atoms with Gasteiger partial charge in [0.05, 0.1) is 5.41 Å². The molecule has 4 heteroatoms. The van der Waals surface area contributed by atoms with Crippen molar-refractivity contribution in [2.75, 3.05) is 24.5 Å². The van der Waals surface area contributed by atoms with Gasteiger partial charge < -0.3 is 10.2 Å². The maximum Gasteiger partial charge on any atom is 0.234 e. The summed E-state index contributed by atoms with van der Waals surface area (Å²) in [5.41, 5.74) is 2.15. The van der Waals surface area contributed by atoms with Gasteiger partial charge >= 0.3 is 0 Å². The van der Waals surface area contributed by atoms with E-state index in [2.05, 4.69) is 24.4 Å². The summed E-state index contributed by atoms with van der Waals surface area (Å²) < 4.78 is 0. The van der Waals surface area contributed by atoms with E-state index in [9.17, 15) is 4.79 Å². The molecule has 0 saturated carbocycles. The fourth-order valence-electron chi connectivity index (χ4n) is 3.28. The molecule has 2 aliphatic rings. The van der Waals surface area contributed by atoms with Crippen LogP contribution >= 0.6 is 12.4 Å². The molecule has 2 saturated heterocycles. The van der Waals surface area contributed by atoms with Crippen molar-refractivity contribution in [2.45, 2.75) is 26.2 Å². The fraction of sp³-hybridized carbons (Fsp3) is 0.533. The van der Waals surface area contributed by atoms with Crippen LogP contribution in [0.1, 0.15) is 24.8 Å². The Morgan fingerprint density at radius 3 is 2.74 bits per heavy atom. The molecule has 0 radical (unpaired) electrons. The van der Waals surface area contributed by atoms with Crippen molar-refractivity contribution >= 4 is 24.0 Å². The third-order valence-corrected chi connectivity index (χ3v) is 4.39. The van der Waals surface area contributed by atoms with Crippen LogP contribution in [0.4, 0.5) is 5.69 Å². The Morgan fingerprint density at radius 1 is 1.26 bits per heavy atom. The van der Waals surface area contributed by atoms with Crippen LogP contribution < -0.4 is 10.2 Å². The quantitative estimate of drug-likeness (QED) is 0.857. The molecule has 3 rings (SSSR count). The Morgan fingerprint density at radius 2 is 2.05 bits per heavy atom. The maximum absolute atomic E-state index is 12.7. The molecule has 2 heterocycles. The molecule has 104 valence electrons. The predicted octanol–water partition coefficient (Wildman–Crippen LogP) is 2.52. The molecule has 1 unspecified atom stereocenters. The second-order valence-corrected chi connectivity index (χ2v) is 5.55. The van der Waals surface area contributed by atoms with Gasteiger partial charge in [0.25, 0.3) is 0 Å². The summed E-state index contributed by atoms with van der Waals surface area (Å²) in [4.78, 5) is 14.7. The Labute approximate surface area is 120 Å². The predicted molar refractivity (Wildman–Crippen MR) is 79.9 cm³/mol. The van der Waals surface area contributed by atoms with E-state index < -0.39 is 0 Å². The summed E-state index contributed by atoms with van der Waals surface area (Å²) in [6.07, 6.45) is 3.15. The van der Waals surface area contributed by atoms with E-state index in [1.165, 1.54) is 5.56 Å². The summed E-state index contributed by atoms with van der Waals surface area (Å²) in [6.45, 7) is 4.85. The number of nitrogens with zero attached hydrogens (tertiary/aromatic N) is 1. The lowest BCUT2D eigenvalue weighted by Gasteiger charge is -2.32. The minimum Gasteiger partial charge on any atom is -0.316 e. The Balaban J connectivity index is 0.00000133. The number of aryl methyl sites for hydroxylation is 1. The van der Waals surface area contributed by atoms with E-state index in [4.69, 9.17) is 0 Å². The number of anilines is 1. The highest BCUT2D eigenvalue weighted by molar-refractivity contribution is 6.00. The van der Waals surface area contributed by atoms with Crippen molar-refractivity contribution in [2.24, 2.45) is 5.41 Å². The topological polar surface area (TPSA) is 32.3 Å². The Kier molecular flexibility index (Phi) is 4.16. The molecule has 1 amide bonds. The van der Waals surface area contributed by atoms with E-state index in [0.29, 0.717) is 5.91 Å². The number of carbonyl (C=O) groups is 1. The zero-order valence-electron chi connectivity index (χ0n) is 11.3. The molecule has 0 bridgehead atoms. The largest absolute Gasteiger partial charge is 0.316 e. The van der Waals surface area contributed by atoms with Crippen molar-refractivity contribution in [3.8, 4) is 0 Å². The molecule has 3 nitrogen and oxygen atoms in total. The normalized spacial score (nSPS) is 26.6. The van der Waals surface area contributed by atoms with Crippen LogP contribution in [0.3, 0.4) is 0 Å². The van der Waals surface area contributed by atoms with Crippen LogP contribution in [-0.2, 0) is 4.79 Å². The van der Waals surface area contributed by atoms with Gasteiger partial charge in [-0.25, -0.2) is 0 Å². The molecular formula is C15H21ClN2O. The van der Waals surface area contributed by atoms with E-state index in [-0.39, 0.29) is 17.8 Å². The lowest BCUT2D eigenvalue weighted by atomic mass is 9.79. The number of carbonyl (C=O) groups excluding carboxylic acids is 1. The minimum atomic E-state index is -0.124. The zero-order chi connectivity index (χ0) is 12.6. The van der Waals surface area contributed by atoms with Crippen LogP contribution in [0, 0.1) is 12.3 Å². The van der Waals surface area contributed by atoms with Gasteiger partial charge in [-0.05, 0) is 44.4 Å². The van der Waals surface area contributed by atoms with Gasteiger partial charge in [0.1, 0.15) is 0 Å². The van der Waals surface area contributed by atoms with Crippen LogP contribution in [-0.4, -0.2) is 25.5 Å². The smallest absolute Gasteiger partial charge is 0.234 e. The molecule has 0 aromatic heterocycles. The number of para-hydroxylation sites is 1. The number of halogens is 1. The van der Waals surface area contributed by atoms with E-state index in [0.717, 1.165) is 44.6 Å². The van der Waals surface area contributed by atoms with Crippen LogP contribution in [0.15, 0.2) is 24.3 Å². The van der Waals surface area contributed by atoms with Gasteiger partial charge in [-0.3, -0.25) is 4.79 Å². The lowest BCUT2D eigenvalue weighted by Crippen LogP contribution is -2.45. The van der Waals surface area contributed by atoms with Crippen LogP contribution in [0.2, 0.25) is 0 Å². The summed E-state index contributed by atoms with van der Waals surface area (Å²) in [5, 5.41) is 3.39. The van der Waals surface area contributed by atoms with Crippen LogP contribution in [0.25, 0.3) is 0 Å². The lowest BCUT2D eigenvalue weighted by molar-refractivity contribution is -0.126. The summed E-state index contributed by atoms with van der Waals surface area (Å²) in [6, 6.07) is 8.17. The van der Waals surface area contributed by atoms with Gasteiger partial charge in [-0.15, -0.1) is 12.4 Å². The SMILES string of the molecule is Cc1ccccc1N1CCC2(CCCNC2)C1=O.Cl. The summed E-state index contributed by atoms with van der Waals surface area (Å²) >= 11 is 0. The molecule has 1 atom stereocenters. The van der Waals surface area contributed by atoms with Gasteiger partial charge in [0.2, 0.25) is 5.91 Å². The highest BCUT2D eigenvalue weighted by Crippen LogP contribution is 2.40. The van der Waals surface area contributed by atoms with Crippen molar-refractivity contribution in [3.63, 3.8) is 0 Å². The molecule has 2 fully saturated rings. The number of hydrogen-bond donors (Lipinski definition) is 1. The van der Waals surface area contributed by atoms with Gasteiger partial charge in [0, 0.05) is 18.8 Å². The Bertz CT molecular complexity index is 469. The molecule has 1 aromatic carbocycles. The first-order chi connectivity index (χ1) is 8.73. The average molecular weight is 281 g/mol. The van der Waals surface area contributed by atoms with Gasteiger partial charge in [-0.2, -0.15) is 0 Å². The van der Waals surface area contributed by atoms with E-state index in [1.807, 2.05) is 17.0 Å². The number of amides is 1. The van der Waals surface area contributed by atoms with E-state index in [1.54, 1.807) is 0 Å². The first-order valence-corrected chi connectivity index (χ1v) is 6.81. The van der Waals surface area contributed by atoms with Crippen molar-refractivity contribution in [1.82, 2.24) is 5.32 Å². The van der Waals surface area contributed by atoms with E-state index >= 15 is 0 Å². The number of hydrogen-bond acceptors (Lipinski definition) is 2. The Hall–Kier alpha value is -1.06. The maximum atomic E-state index is 12.7. The molecule has 2 aliphatic heterocycles. The molecule has 19 heavy (non-hydrogen) atoms. The molecule has 1 N–H and O–H groups in total. The first kappa shape index (κ1) is 14.4. The summed E-state index contributed by atoms with van der Waals surface area (Å²) in [7, 11) is 0.